The number of carbonyl (C=O) groups excluding carboxylic acids is 1. The van der Waals surface area contributed by atoms with Gasteiger partial charge in [-0.3, -0.25) is 4.79 Å². The molecule has 0 aliphatic carbocycles. The Labute approximate surface area is 127 Å². The number of aromatic nitrogens is 1. The number of hydrogen-bond donors (Lipinski definition) is 2. The second-order valence-electron chi connectivity index (χ2n) is 5.16. The lowest BCUT2D eigenvalue weighted by Gasteiger charge is -2.26. The van der Waals surface area contributed by atoms with Gasteiger partial charge in [-0.2, -0.15) is 0 Å². The van der Waals surface area contributed by atoms with Crippen molar-refractivity contribution in [2.75, 3.05) is 32.6 Å². The predicted molar refractivity (Wildman–Crippen MR) is 82.4 cm³/mol. The van der Waals surface area contributed by atoms with Gasteiger partial charge in [0.15, 0.2) is 5.82 Å². The summed E-state index contributed by atoms with van der Waals surface area (Å²) in [5.41, 5.74) is 2.95. The van der Waals surface area contributed by atoms with Crippen molar-refractivity contribution < 1.29 is 4.79 Å². The standard InChI is InChI=1S/C13H20BrN5O/c1-18-5-3-4-10(18)8-19(2)13(20)11-6-9(14)7-16-12(11)17-15/h6-7,10H,3-5,8,15H2,1-2H3,(H,16,17). The number of nitrogens with two attached hydrogens (primary N) is 1. The minimum atomic E-state index is -0.0768. The maximum atomic E-state index is 12.5. The highest BCUT2D eigenvalue weighted by atomic mass is 79.9. The van der Waals surface area contributed by atoms with E-state index in [1.54, 1.807) is 17.2 Å². The zero-order valence-electron chi connectivity index (χ0n) is 11.8. The number of likely N-dealkylation sites (N-methyl/N-ethyl adjacent to an activating group) is 2. The van der Waals surface area contributed by atoms with Crippen molar-refractivity contribution in [2.24, 2.45) is 5.84 Å². The van der Waals surface area contributed by atoms with Crippen molar-refractivity contribution in [3.05, 3.63) is 22.3 Å². The number of hydrogen-bond acceptors (Lipinski definition) is 5. The fourth-order valence-corrected chi connectivity index (χ4v) is 2.86. The molecular formula is C13H20BrN5O. The van der Waals surface area contributed by atoms with Gasteiger partial charge in [-0.1, -0.05) is 0 Å². The number of rotatable bonds is 4. The topological polar surface area (TPSA) is 74.5 Å². The molecule has 2 rings (SSSR count). The lowest BCUT2D eigenvalue weighted by Crippen LogP contribution is -2.39. The summed E-state index contributed by atoms with van der Waals surface area (Å²) >= 11 is 3.33. The highest BCUT2D eigenvalue weighted by Gasteiger charge is 2.25. The number of carbonyl (C=O) groups is 1. The van der Waals surface area contributed by atoms with Crippen molar-refractivity contribution in [2.45, 2.75) is 18.9 Å². The lowest BCUT2D eigenvalue weighted by atomic mass is 10.2. The number of pyridine rings is 1. The minimum absolute atomic E-state index is 0.0768. The largest absolute Gasteiger partial charge is 0.340 e. The van der Waals surface area contributed by atoms with Crippen LogP contribution in [0.25, 0.3) is 0 Å². The molecular weight excluding hydrogens is 322 g/mol. The third kappa shape index (κ3) is 3.28. The fraction of sp³-hybridized carbons (Fsp3) is 0.538. The molecule has 0 aromatic carbocycles. The third-order valence-corrected chi connectivity index (χ3v) is 4.16. The molecule has 1 amide bonds. The first kappa shape index (κ1) is 15.2. The van der Waals surface area contributed by atoms with Crippen LogP contribution in [0, 0.1) is 0 Å². The van der Waals surface area contributed by atoms with Crippen LogP contribution in [0.4, 0.5) is 5.82 Å². The third-order valence-electron chi connectivity index (χ3n) is 3.72. The summed E-state index contributed by atoms with van der Waals surface area (Å²) in [5, 5.41) is 0. The zero-order valence-corrected chi connectivity index (χ0v) is 13.4. The van der Waals surface area contributed by atoms with Gasteiger partial charge >= 0.3 is 0 Å². The summed E-state index contributed by atoms with van der Waals surface area (Å²) in [6.45, 7) is 1.81. The van der Waals surface area contributed by atoms with Gasteiger partial charge in [0, 0.05) is 30.3 Å². The van der Waals surface area contributed by atoms with Crippen LogP contribution >= 0.6 is 15.9 Å². The molecule has 7 heteroatoms. The first-order chi connectivity index (χ1) is 9.52. The van der Waals surface area contributed by atoms with Gasteiger partial charge < -0.3 is 15.2 Å². The average Bonchev–Trinajstić information content (AvgIpc) is 2.83. The first-order valence-electron chi connectivity index (χ1n) is 6.60. The number of halogens is 1. The van der Waals surface area contributed by atoms with E-state index in [0.29, 0.717) is 24.0 Å². The highest BCUT2D eigenvalue weighted by molar-refractivity contribution is 9.10. The Kier molecular flexibility index (Phi) is 4.95. The highest BCUT2D eigenvalue weighted by Crippen LogP contribution is 2.20. The van der Waals surface area contributed by atoms with Gasteiger partial charge in [-0.05, 0) is 48.4 Å². The van der Waals surface area contributed by atoms with E-state index in [1.807, 2.05) is 7.05 Å². The van der Waals surface area contributed by atoms with Gasteiger partial charge in [0.25, 0.3) is 5.91 Å². The molecule has 110 valence electrons. The summed E-state index contributed by atoms with van der Waals surface area (Å²) in [5.74, 6) is 5.73. The van der Waals surface area contributed by atoms with E-state index in [1.165, 1.54) is 6.42 Å². The predicted octanol–water partition coefficient (Wildman–Crippen LogP) is 1.30. The summed E-state index contributed by atoms with van der Waals surface area (Å²) in [6.07, 6.45) is 3.93. The Bertz CT molecular complexity index is 496. The smallest absolute Gasteiger partial charge is 0.257 e. The van der Waals surface area contributed by atoms with Gasteiger partial charge in [0.1, 0.15) is 0 Å². The van der Waals surface area contributed by atoms with Crippen molar-refractivity contribution >= 4 is 27.7 Å². The molecule has 3 N–H and O–H groups in total. The number of amides is 1. The van der Waals surface area contributed by atoms with E-state index < -0.39 is 0 Å². The maximum Gasteiger partial charge on any atom is 0.257 e. The summed E-state index contributed by atoms with van der Waals surface area (Å²) in [7, 11) is 3.92. The summed E-state index contributed by atoms with van der Waals surface area (Å²) in [4.78, 5) is 20.7. The molecule has 1 saturated heterocycles. The van der Waals surface area contributed by atoms with E-state index in [4.69, 9.17) is 5.84 Å². The Morgan fingerprint density at radius 3 is 3.05 bits per heavy atom. The van der Waals surface area contributed by atoms with Gasteiger partial charge in [0.2, 0.25) is 0 Å². The van der Waals surface area contributed by atoms with Gasteiger partial charge in [-0.15, -0.1) is 0 Å². The van der Waals surface area contributed by atoms with Crippen LogP contribution in [0.2, 0.25) is 0 Å². The van der Waals surface area contributed by atoms with Crippen LogP contribution in [-0.4, -0.2) is 53.9 Å². The van der Waals surface area contributed by atoms with Crippen LogP contribution < -0.4 is 11.3 Å². The molecule has 0 radical (unpaired) electrons. The number of likely N-dealkylation sites (tertiary alicyclic amines) is 1. The number of anilines is 1. The number of nitrogens with one attached hydrogen (secondary N) is 1. The molecule has 0 bridgehead atoms. The number of hydrazine groups is 1. The molecule has 2 heterocycles. The molecule has 1 atom stereocenters. The van der Waals surface area contributed by atoms with E-state index in [9.17, 15) is 4.79 Å². The molecule has 1 aliphatic rings. The van der Waals surface area contributed by atoms with Crippen molar-refractivity contribution in [1.29, 1.82) is 0 Å². The molecule has 20 heavy (non-hydrogen) atoms. The Balaban J connectivity index is 2.12. The molecule has 1 aromatic heterocycles. The van der Waals surface area contributed by atoms with Gasteiger partial charge in [-0.25, -0.2) is 10.8 Å². The molecule has 6 nitrogen and oxygen atoms in total. The molecule has 0 saturated carbocycles. The van der Waals surface area contributed by atoms with Crippen LogP contribution in [0.15, 0.2) is 16.7 Å². The van der Waals surface area contributed by atoms with E-state index in [-0.39, 0.29) is 5.91 Å². The van der Waals surface area contributed by atoms with Crippen LogP contribution in [0.5, 0.6) is 0 Å². The second kappa shape index (κ2) is 6.51. The average molecular weight is 342 g/mol. The van der Waals surface area contributed by atoms with E-state index in [2.05, 4.69) is 38.3 Å². The molecule has 0 spiro atoms. The number of nitrogen functional groups attached to an aromatic ring is 1. The van der Waals surface area contributed by atoms with Crippen molar-refractivity contribution in [1.82, 2.24) is 14.8 Å². The van der Waals surface area contributed by atoms with E-state index >= 15 is 0 Å². The SMILES string of the molecule is CN(CC1CCCN1C)C(=O)c1cc(Br)cnc1NN. The summed E-state index contributed by atoms with van der Waals surface area (Å²) in [6, 6.07) is 2.16. The minimum Gasteiger partial charge on any atom is -0.340 e. The maximum absolute atomic E-state index is 12.5. The van der Waals surface area contributed by atoms with E-state index in [0.717, 1.165) is 17.4 Å². The quantitative estimate of drug-likeness (QED) is 0.637. The Hall–Kier alpha value is -1.18. The normalized spacial score (nSPS) is 19.1. The Morgan fingerprint density at radius 1 is 1.70 bits per heavy atom. The molecule has 1 unspecified atom stereocenters. The lowest BCUT2D eigenvalue weighted by molar-refractivity contribution is 0.0762. The van der Waals surface area contributed by atoms with Crippen LogP contribution in [0.3, 0.4) is 0 Å². The monoisotopic (exact) mass is 341 g/mol. The molecule has 1 aromatic rings. The van der Waals surface area contributed by atoms with Gasteiger partial charge in [0.05, 0.1) is 5.56 Å². The second-order valence-corrected chi connectivity index (χ2v) is 6.07. The van der Waals surface area contributed by atoms with Crippen molar-refractivity contribution in [3.8, 4) is 0 Å². The molecule has 1 fully saturated rings. The first-order valence-corrected chi connectivity index (χ1v) is 7.40. The Morgan fingerprint density at radius 2 is 2.45 bits per heavy atom. The zero-order chi connectivity index (χ0) is 14.7. The number of nitrogens with zero attached hydrogens (tertiary/aromatic N) is 3. The summed E-state index contributed by atoms with van der Waals surface area (Å²) < 4.78 is 0.756. The fourth-order valence-electron chi connectivity index (χ4n) is 2.53. The van der Waals surface area contributed by atoms with Crippen molar-refractivity contribution in [3.63, 3.8) is 0 Å². The molecule has 1 aliphatic heterocycles. The van der Waals surface area contributed by atoms with Crippen LogP contribution in [-0.2, 0) is 0 Å². The van der Waals surface area contributed by atoms with Crippen LogP contribution in [0.1, 0.15) is 23.2 Å².